The van der Waals surface area contributed by atoms with Gasteiger partial charge in [0.1, 0.15) is 5.75 Å². The summed E-state index contributed by atoms with van der Waals surface area (Å²) in [4.78, 5) is 21.4. The highest BCUT2D eigenvalue weighted by Gasteiger charge is 2.25. The zero-order valence-electron chi connectivity index (χ0n) is 16.4. The molecule has 0 atom stereocenters. The molecule has 0 spiro atoms. The van der Waals surface area contributed by atoms with Crippen molar-refractivity contribution in [3.63, 3.8) is 0 Å². The molecule has 3 heterocycles. The van der Waals surface area contributed by atoms with Crippen LogP contribution in [0.5, 0.6) is 5.75 Å². The third kappa shape index (κ3) is 3.20. The summed E-state index contributed by atoms with van der Waals surface area (Å²) >= 11 is 0. The number of pyridine rings is 2. The Hall–Kier alpha value is -3.74. The molecule has 1 aromatic carbocycles. The van der Waals surface area contributed by atoms with Crippen LogP contribution >= 0.6 is 0 Å². The Bertz CT molecular complexity index is 1210. The number of hydrogen-bond acceptors (Lipinski definition) is 5. The number of carboxylic acid groups (broad SMARTS) is 1. The maximum absolute atomic E-state index is 12.4. The number of carboxylic acids is 1. The fraction of sp³-hybridized carbons (Fsp3) is 0.182. The van der Waals surface area contributed by atoms with Gasteiger partial charge in [0.25, 0.3) is 0 Å². The van der Waals surface area contributed by atoms with Crippen molar-refractivity contribution >= 4 is 17.0 Å². The van der Waals surface area contributed by atoms with E-state index in [-0.39, 0.29) is 5.56 Å². The molecule has 0 saturated heterocycles. The molecule has 0 unspecified atom stereocenters. The van der Waals surface area contributed by atoms with E-state index in [1.165, 1.54) is 0 Å². The van der Waals surface area contributed by atoms with E-state index in [1.807, 2.05) is 32.0 Å². The summed E-state index contributed by atoms with van der Waals surface area (Å²) in [5.74, 6) is -0.362. The lowest BCUT2D eigenvalue weighted by Gasteiger charge is -2.14. The number of fused-ring (bicyclic) bond motifs is 1. The highest BCUT2D eigenvalue weighted by atomic mass is 16.5. The molecular formula is C22H20N4O3. The van der Waals surface area contributed by atoms with Gasteiger partial charge in [-0.25, -0.2) is 14.5 Å². The average Bonchev–Trinajstić information content (AvgIpc) is 3.15. The second-order valence-electron chi connectivity index (χ2n) is 6.69. The van der Waals surface area contributed by atoms with E-state index in [0.717, 1.165) is 11.1 Å². The normalized spacial score (nSPS) is 11.0. The van der Waals surface area contributed by atoms with Crippen molar-refractivity contribution in [2.75, 3.05) is 7.11 Å². The van der Waals surface area contributed by atoms with Crippen LogP contribution < -0.4 is 4.74 Å². The van der Waals surface area contributed by atoms with Crippen molar-refractivity contribution < 1.29 is 14.6 Å². The second-order valence-corrected chi connectivity index (χ2v) is 6.69. The van der Waals surface area contributed by atoms with Crippen molar-refractivity contribution in [2.24, 2.45) is 0 Å². The topological polar surface area (TPSA) is 90.1 Å². The minimum absolute atomic E-state index is 0.130. The van der Waals surface area contributed by atoms with Gasteiger partial charge in [-0.2, -0.15) is 5.10 Å². The van der Waals surface area contributed by atoms with Crippen LogP contribution in [0.3, 0.4) is 0 Å². The van der Waals surface area contributed by atoms with Gasteiger partial charge >= 0.3 is 5.97 Å². The molecular weight excluding hydrogens is 368 g/mol. The quantitative estimate of drug-likeness (QED) is 0.551. The van der Waals surface area contributed by atoms with E-state index in [0.29, 0.717) is 40.1 Å². The molecule has 4 aromatic rings. The lowest BCUT2D eigenvalue weighted by atomic mass is 9.94. The molecule has 0 aliphatic heterocycles. The molecule has 3 aromatic heterocycles. The molecule has 29 heavy (non-hydrogen) atoms. The number of aromatic carboxylic acids is 1. The van der Waals surface area contributed by atoms with E-state index in [1.54, 1.807) is 42.5 Å². The van der Waals surface area contributed by atoms with Gasteiger partial charge in [-0.3, -0.25) is 4.98 Å². The number of aryl methyl sites for hydroxylation is 2. The molecule has 0 radical (unpaired) electrons. The highest BCUT2D eigenvalue weighted by molar-refractivity contribution is 6.10. The molecule has 0 saturated carbocycles. The molecule has 0 fully saturated rings. The second kappa shape index (κ2) is 7.35. The third-order valence-electron chi connectivity index (χ3n) is 4.83. The first-order chi connectivity index (χ1) is 14.0. The number of methoxy groups -OCH3 is 1. The van der Waals surface area contributed by atoms with Gasteiger partial charge in [0.15, 0.2) is 5.65 Å². The molecule has 0 bridgehead atoms. The minimum Gasteiger partial charge on any atom is -0.497 e. The van der Waals surface area contributed by atoms with E-state index < -0.39 is 5.97 Å². The van der Waals surface area contributed by atoms with Gasteiger partial charge in [0, 0.05) is 41.0 Å². The van der Waals surface area contributed by atoms with Gasteiger partial charge < -0.3 is 9.84 Å². The predicted molar refractivity (Wildman–Crippen MR) is 110 cm³/mol. The van der Waals surface area contributed by atoms with Crippen molar-refractivity contribution in [1.29, 1.82) is 0 Å². The maximum atomic E-state index is 12.4. The van der Waals surface area contributed by atoms with Crippen LogP contribution in [0.2, 0.25) is 0 Å². The van der Waals surface area contributed by atoms with Gasteiger partial charge in [-0.05, 0) is 49.7 Å². The van der Waals surface area contributed by atoms with Gasteiger partial charge in [-0.15, -0.1) is 0 Å². The van der Waals surface area contributed by atoms with Crippen molar-refractivity contribution in [1.82, 2.24) is 19.7 Å². The summed E-state index contributed by atoms with van der Waals surface area (Å²) in [6.45, 7) is 4.52. The Labute approximate surface area is 167 Å². The lowest BCUT2D eigenvalue weighted by molar-refractivity contribution is 0.0698. The molecule has 7 nitrogen and oxygen atoms in total. The smallest absolute Gasteiger partial charge is 0.338 e. The summed E-state index contributed by atoms with van der Waals surface area (Å²) in [7, 11) is 1.59. The van der Waals surface area contributed by atoms with Crippen molar-refractivity contribution in [3.8, 4) is 28.1 Å². The van der Waals surface area contributed by atoms with E-state index in [4.69, 9.17) is 9.72 Å². The zero-order chi connectivity index (χ0) is 20.5. The Morgan fingerprint density at radius 1 is 1.14 bits per heavy atom. The van der Waals surface area contributed by atoms with Crippen LogP contribution in [0, 0.1) is 6.92 Å². The van der Waals surface area contributed by atoms with Crippen LogP contribution in [0.1, 0.15) is 22.8 Å². The molecule has 0 aliphatic carbocycles. The molecule has 146 valence electrons. The number of aromatic nitrogens is 4. The van der Waals surface area contributed by atoms with Crippen LogP contribution in [-0.2, 0) is 6.54 Å². The van der Waals surface area contributed by atoms with Crippen LogP contribution in [0.4, 0.5) is 0 Å². The van der Waals surface area contributed by atoms with Crippen molar-refractivity contribution in [2.45, 2.75) is 20.4 Å². The average molecular weight is 388 g/mol. The van der Waals surface area contributed by atoms with Gasteiger partial charge in [0.05, 0.1) is 24.6 Å². The summed E-state index contributed by atoms with van der Waals surface area (Å²) in [5.41, 5.74) is 4.09. The summed E-state index contributed by atoms with van der Waals surface area (Å²) < 4.78 is 6.99. The first-order valence-corrected chi connectivity index (χ1v) is 9.22. The van der Waals surface area contributed by atoms with Crippen LogP contribution in [-0.4, -0.2) is 37.9 Å². The largest absolute Gasteiger partial charge is 0.497 e. The van der Waals surface area contributed by atoms with E-state index >= 15 is 0 Å². The van der Waals surface area contributed by atoms with E-state index in [9.17, 15) is 9.90 Å². The number of rotatable bonds is 5. The zero-order valence-corrected chi connectivity index (χ0v) is 16.4. The summed E-state index contributed by atoms with van der Waals surface area (Å²) in [5, 5.41) is 15.2. The summed E-state index contributed by atoms with van der Waals surface area (Å²) in [6, 6.07) is 9.12. The number of benzene rings is 1. The number of hydrogen-bond donors (Lipinski definition) is 1. The number of carbonyl (C=O) groups is 1. The highest BCUT2D eigenvalue weighted by Crippen LogP contribution is 2.37. The molecule has 4 rings (SSSR count). The third-order valence-corrected chi connectivity index (χ3v) is 4.83. The Morgan fingerprint density at radius 2 is 1.90 bits per heavy atom. The number of ether oxygens (including phenoxy) is 1. The van der Waals surface area contributed by atoms with Crippen LogP contribution in [0.25, 0.3) is 33.4 Å². The molecule has 7 heteroatoms. The first-order valence-electron chi connectivity index (χ1n) is 9.22. The summed E-state index contributed by atoms with van der Waals surface area (Å²) in [6.07, 6.45) is 5.09. The predicted octanol–water partition coefficient (Wildman–Crippen LogP) is 4.20. The van der Waals surface area contributed by atoms with Gasteiger partial charge in [-0.1, -0.05) is 0 Å². The number of nitrogens with zero attached hydrogens (tertiary/aromatic N) is 4. The van der Waals surface area contributed by atoms with Gasteiger partial charge in [0.2, 0.25) is 0 Å². The minimum atomic E-state index is -1.05. The monoisotopic (exact) mass is 388 g/mol. The fourth-order valence-corrected chi connectivity index (χ4v) is 3.48. The first kappa shape index (κ1) is 18.6. The molecule has 0 amide bonds. The van der Waals surface area contributed by atoms with Crippen molar-refractivity contribution in [3.05, 3.63) is 60.0 Å². The standard InChI is InChI=1S/C22H20N4O3/c1-4-26-21-17(12-24-26)18(15-9-13(2)10-23-11-15)19(22(27)28)20(25-21)14-5-7-16(29-3)8-6-14/h5-12H,4H2,1-3H3,(H,27,28). The Balaban J connectivity index is 2.12. The Morgan fingerprint density at radius 3 is 2.52 bits per heavy atom. The molecule has 1 N–H and O–H groups in total. The Kier molecular flexibility index (Phi) is 4.72. The lowest BCUT2D eigenvalue weighted by Crippen LogP contribution is -2.07. The fourth-order valence-electron chi connectivity index (χ4n) is 3.48. The van der Waals surface area contributed by atoms with E-state index in [2.05, 4.69) is 10.1 Å². The SMILES string of the molecule is CCn1ncc2c(-c3cncc(C)c3)c(C(=O)O)c(-c3ccc(OC)cc3)nc21. The molecule has 0 aliphatic rings. The van der Waals surface area contributed by atoms with Crippen LogP contribution in [0.15, 0.2) is 48.9 Å². The maximum Gasteiger partial charge on any atom is 0.338 e.